The van der Waals surface area contributed by atoms with Crippen LogP contribution in [0.5, 0.6) is 0 Å². The first-order chi connectivity index (χ1) is 24.3. The van der Waals surface area contributed by atoms with Crippen LogP contribution in [0.15, 0.2) is 30.3 Å². The number of hydrogen-bond donors (Lipinski definition) is 10. The minimum absolute atomic E-state index is 0.0139. The van der Waals surface area contributed by atoms with Crippen LogP contribution in [0, 0.1) is 17.8 Å². The third-order valence-electron chi connectivity index (χ3n) is 7.90. The zero-order valence-electron chi connectivity index (χ0n) is 30.9. The normalized spacial score (nSPS) is 14.8. The van der Waals surface area contributed by atoms with E-state index in [1.165, 1.54) is 0 Å². The summed E-state index contributed by atoms with van der Waals surface area (Å²) in [5.41, 5.74) is 11.9. The summed E-state index contributed by atoms with van der Waals surface area (Å²) in [5, 5.41) is 34.8. The Labute approximate surface area is 305 Å². The molecule has 0 bridgehead atoms. The first kappa shape index (κ1) is 45.4. The highest BCUT2D eigenvalue weighted by atomic mass is 16.4. The Hall–Kier alpha value is -4.61. The first-order valence-corrected chi connectivity index (χ1v) is 17.5. The van der Waals surface area contributed by atoms with Gasteiger partial charge < -0.3 is 53.6 Å². The SMILES string of the molecule is CC(C)C[C@H](NC(=O)[C@H](CC(C)C)NC(=O)CNC(=O)[C@@H](NC[C@H](Cc1ccccc1)NC(=O)[C@H](CO)NC(=O)[C@@H](N)CC(=O)O)C(C)C)C(N)=O. The van der Waals surface area contributed by atoms with Crippen molar-refractivity contribution < 1.29 is 43.8 Å². The minimum Gasteiger partial charge on any atom is -0.481 e. The fourth-order valence-electron chi connectivity index (χ4n) is 5.24. The Morgan fingerprint density at radius 1 is 0.731 bits per heavy atom. The van der Waals surface area contributed by atoms with E-state index in [9.17, 15) is 38.7 Å². The van der Waals surface area contributed by atoms with Crippen LogP contribution in [0.1, 0.15) is 66.4 Å². The molecular formula is C35H58N8O9. The highest BCUT2D eigenvalue weighted by Gasteiger charge is 2.30. The molecule has 0 radical (unpaired) electrons. The van der Waals surface area contributed by atoms with Gasteiger partial charge in [-0.15, -0.1) is 0 Å². The molecule has 6 amide bonds. The van der Waals surface area contributed by atoms with Crippen LogP contribution >= 0.6 is 0 Å². The molecule has 0 fully saturated rings. The predicted molar refractivity (Wildman–Crippen MR) is 193 cm³/mol. The number of carbonyl (C=O) groups is 7. The molecule has 0 unspecified atom stereocenters. The Balaban J connectivity index is 2.99. The summed E-state index contributed by atoms with van der Waals surface area (Å²) in [6, 6.07) is 2.92. The van der Waals surface area contributed by atoms with Gasteiger partial charge in [0.1, 0.15) is 18.1 Å². The van der Waals surface area contributed by atoms with E-state index in [1.807, 2.05) is 58.0 Å². The summed E-state index contributed by atoms with van der Waals surface area (Å²) in [6.45, 7) is 9.92. The van der Waals surface area contributed by atoms with Gasteiger partial charge in [0.05, 0.1) is 31.7 Å². The molecule has 1 aromatic carbocycles. The monoisotopic (exact) mass is 734 g/mol. The van der Waals surface area contributed by atoms with Crippen LogP contribution < -0.4 is 43.4 Å². The Kier molecular flexibility index (Phi) is 20.1. The molecule has 6 atom stereocenters. The van der Waals surface area contributed by atoms with Crippen molar-refractivity contribution in [3.63, 3.8) is 0 Å². The van der Waals surface area contributed by atoms with Crippen LogP contribution in [0.3, 0.4) is 0 Å². The second-order valence-corrected chi connectivity index (χ2v) is 14.0. The van der Waals surface area contributed by atoms with Crippen LogP contribution in [0.25, 0.3) is 0 Å². The first-order valence-electron chi connectivity index (χ1n) is 17.5. The number of primary amides is 1. The van der Waals surface area contributed by atoms with E-state index in [4.69, 9.17) is 16.6 Å². The van der Waals surface area contributed by atoms with Gasteiger partial charge in [0.15, 0.2) is 0 Å². The topological polar surface area (TPSA) is 284 Å². The zero-order chi connectivity index (χ0) is 39.5. The highest BCUT2D eigenvalue weighted by Crippen LogP contribution is 2.10. The Morgan fingerprint density at radius 2 is 1.29 bits per heavy atom. The molecule has 0 aliphatic heterocycles. The predicted octanol–water partition coefficient (Wildman–Crippen LogP) is -1.73. The largest absolute Gasteiger partial charge is 0.481 e. The quantitative estimate of drug-likeness (QED) is 0.0570. The van der Waals surface area contributed by atoms with Gasteiger partial charge in [-0.25, -0.2) is 0 Å². The van der Waals surface area contributed by atoms with E-state index in [0.29, 0.717) is 12.8 Å². The molecule has 52 heavy (non-hydrogen) atoms. The molecule has 17 nitrogen and oxygen atoms in total. The molecule has 0 saturated heterocycles. The van der Waals surface area contributed by atoms with E-state index in [0.717, 1.165) is 5.56 Å². The molecule has 0 saturated carbocycles. The number of benzene rings is 1. The van der Waals surface area contributed by atoms with Crippen molar-refractivity contribution >= 4 is 41.4 Å². The van der Waals surface area contributed by atoms with Crippen molar-refractivity contribution in [3.05, 3.63) is 35.9 Å². The van der Waals surface area contributed by atoms with Gasteiger partial charge in [0.2, 0.25) is 35.4 Å². The van der Waals surface area contributed by atoms with Gasteiger partial charge in [0, 0.05) is 12.6 Å². The highest BCUT2D eigenvalue weighted by molar-refractivity contribution is 5.93. The van der Waals surface area contributed by atoms with Crippen molar-refractivity contribution in [2.24, 2.45) is 29.2 Å². The molecule has 12 N–H and O–H groups in total. The zero-order valence-corrected chi connectivity index (χ0v) is 30.9. The number of carboxylic acids is 1. The number of rotatable bonds is 24. The lowest BCUT2D eigenvalue weighted by atomic mass is 10.00. The van der Waals surface area contributed by atoms with E-state index in [1.54, 1.807) is 13.8 Å². The molecule has 292 valence electrons. The maximum absolute atomic E-state index is 13.3. The van der Waals surface area contributed by atoms with Crippen LogP contribution in [0.4, 0.5) is 0 Å². The molecule has 0 spiro atoms. The fourth-order valence-corrected chi connectivity index (χ4v) is 5.24. The van der Waals surface area contributed by atoms with Crippen molar-refractivity contribution in [2.45, 2.75) is 103 Å². The summed E-state index contributed by atoms with van der Waals surface area (Å²) in [6.07, 6.45) is 0.239. The summed E-state index contributed by atoms with van der Waals surface area (Å²) in [5.74, 6) is -5.54. The number of aliphatic hydroxyl groups excluding tert-OH is 1. The number of aliphatic carboxylic acids is 1. The summed E-state index contributed by atoms with van der Waals surface area (Å²) >= 11 is 0. The van der Waals surface area contributed by atoms with Crippen molar-refractivity contribution in [1.82, 2.24) is 31.9 Å². The minimum atomic E-state index is -1.43. The number of aliphatic hydroxyl groups is 1. The van der Waals surface area contributed by atoms with E-state index < -0.39 is 97.2 Å². The van der Waals surface area contributed by atoms with Gasteiger partial charge in [0.25, 0.3) is 0 Å². The average molecular weight is 735 g/mol. The molecule has 0 aromatic heterocycles. The fraction of sp³-hybridized carbons (Fsp3) is 0.629. The van der Waals surface area contributed by atoms with Gasteiger partial charge in [-0.3, -0.25) is 33.6 Å². The van der Waals surface area contributed by atoms with Gasteiger partial charge >= 0.3 is 5.97 Å². The van der Waals surface area contributed by atoms with E-state index >= 15 is 0 Å². The van der Waals surface area contributed by atoms with Gasteiger partial charge in [-0.05, 0) is 42.6 Å². The number of carbonyl (C=O) groups excluding carboxylic acids is 6. The van der Waals surface area contributed by atoms with E-state index in [2.05, 4.69) is 31.9 Å². The molecule has 17 heteroatoms. The molecule has 1 rings (SSSR count). The second-order valence-electron chi connectivity index (χ2n) is 14.0. The van der Waals surface area contributed by atoms with Crippen LogP contribution in [0.2, 0.25) is 0 Å². The molecular weight excluding hydrogens is 676 g/mol. The lowest BCUT2D eigenvalue weighted by molar-refractivity contribution is -0.139. The van der Waals surface area contributed by atoms with Gasteiger partial charge in [-0.2, -0.15) is 0 Å². The van der Waals surface area contributed by atoms with E-state index in [-0.39, 0.29) is 30.7 Å². The maximum Gasteiger partial charge on any atom is 0.305 e. The van der Waals surface area contributed by atoms with Crippen molar-refractivity contribution in [2.75, 3.05) is 19.7 Å². The molecule has 0 heterocycles. The lowest BCUT2D eigenvalue weighted by Gasteiger charge is -2.27. The van der Waals surface area contributed by atoms with Crippen LogP contribution in [-0.4, -0.2) is 108 Å². The molecule has 1 aromatic rings. The third-order valence-corrected chi connectivity index (χ3v) is 7.90. The Morgan fingerprint density at radius 3 is 1.81 bits per heavy atom. The summed E-state index contributed by atoms with van der Waals surface area (Å²) < 4.78 is 0. The summed E-state index contributed by atoms with van der Waals surface area (Å²) in [4.78, 5) is 87.6. The molecule has 0 aliphatic rings. The van der Waals surface area contributed by atoms with Crippen molar-refractivity contribution in [3.8, 4) is 0 Å². The maximum atomic E-state index is 13.3. The second kappa shape index (κ2) is 23.1. The average Bonchev–Trinajstić information content (AvgIpc) is 3.04. The van der Waals surface area contributed by atoms with Crippen molar-refractivity contribution in [1.29, 1.82) is 0 Å². The Bertz CT molecular complexity index is 1340. The number of nitrogens with one attached hydrogen (secondary N) is 6. The number of nitrogens with two attached hydrogens (primary N) is 2. The number of amides is 6. The molecule has 0 aliphatic carbocycles. The summed E-state index contributed by atoms with van der Waals surface area (Å²) in [7, 11) is 0. The standard InChI is InChI=1S/C35H58N8O9/c1-19(2)12-25(31(37)48)42-33(50)26(13-20(3)4)41-28(45)17-39-35(52)30(21(5)6)38-16-23(14-22-10-8-7-9-11-22)40-34(51)27(18-44)43-32(49)24(36)15-29(46)47/h7-11,19-21,23-27,30,38,44H,12-18,36H2,1-6H3,(H2,37,48)(H,39,52)(H,40,51)(H,41,45)(H,42,50)(H,43,49)(H,46,47)/t23-,24-,25-,26-,27-,30-/m0/s1. The smallest absolute Gasteiger partial charge is 0.305 e. The number of carboxylic acid groups (broad SMARTS) is 1. The lowest BCUT2D eigenvalue weighted by Crippen LogP contribution is -2.58. The third kappa shape index (κ3) is 17.5. The van der Waals surface area contributed by atoms with Gasteiger partial charge in [-0.1, -0.05) is 71.9 Å². The number of hydrogen-bond acceptors (Lipinski definition) is 10. The van der Waals surface area contributed by atoms with Crippen LogP contribution in [-0.2, 0) is 40.0 Å².